The van der Waals surface area contributed by atoms with Gasteiger partial charge in [-0.05, 0) is 51.1 Å². The molecule has 0 bridgehead atoms. The van der Waals surface area contributed by atoms with Crippen molar-refractivity contribution in [2.24, 2.45) is 0 Å². The van der Waals surface area contributed by atoms with Gasteiger partial charge in [-0.2, -0.15) is 0 Å². The molecule has 2 N–H and O–H groups in total. The summed E-state index contributed by atoms with van der Waals surface area (Å²) in [5.41, 5.74) is 1.10. The van der Waals surface area contributed by atoms with Crippen molar-refractivity contribution in [1.29, 1.82) is 0 Å². The van der Waals surface area contributed by atoms with E-state index in [0.29, 0.717) is 5.75 Å². The molecule has 0 saturated carbocycles. The molecule has 4 nitrogen and oxygen atoms in total. The third-order valence-electron chi connectivity index (χ3n) is 3.18. The Morgan fingerprint density at radius 1 is 1.38 bits per heavy atom. The molecular weight excluding hydrogens is 332 g/mol. The van der Waals surface area contributed by atoms with Crippen LogP contribution in [-0.2, 0) is 11.3 Å². The number of benzene rings is 1. The molecule has 2 unspecified atom stereocenters. The third kappa shape index (κ3) is 6.06. The zero-order valence-corrected chi connectivity index (χ0v) is 14.8. The maximum absolute atomic E-state index is 12.1. The highest BCUT2D eigenvalue weighted by Crippen LogP contribution is 2.23. The largest absolute Gasteiger partial charge is 0.481 e. The fourth-order valence-electron chi connectivity index (χ4n) is 2.07. The predicted octanol–water partition coefficient (Wildman–Crippen LogP) is 3.24. The quantitative estimate of drug-likeness (QED) is 0.751. The van der Waals surface area contributed by atoms with Crippen LogP contribution < -0.4 is 15.4 Å². The molecule has 1 rings (SSSR count). The minimum Gasteiger partial charge on any atom is -0.481 e. The first-order valence-electron chi connectivity index (χ1n) is 7.38. The maximum atomic E-state index is 12.1. The second kappa shape index (κ2) is 9.05. The van der Waals surface area contributed by atoms with Crippen LogP contribution in [-0.4, -0.2) is 25.1 Å². The molecule has 21 heavy (non-hydrogen) atoms. The molecule has 118 valence electrons. The first-order chi connectivity index (χ1) is 9.97. The van der Waals surface area contributed by atoms with Crippen LogP contribution in [0.3, 0.4) is 0 Å². The van der Waals surface area contributed by atoms with E-state index in [9.17, 15) is 4.79 Å². The van der Waals surface area contributed by atoms with E-state index in [2.05, 4.69) is 33.5 Å². The van der Waals surface area contributed by atoms with E-state index in [1.54, 1.807) is 6.92 Å². The zero-order valence-electron chi connectivity index (χ0n) is 13.2. The van der Waals surface area contributed by atoms with Crippen LogP contribution in [0.15, 0.2) is 22.7 Å². The monoisotopic (exact) mass is 356 g/mol. The number of ether oxygens (including phenoxy) is 1. The molecule has 2 atom stereocenters. The van der Waals surface area contributed by atoms with Crippen LogP contribution in [0.2, 0.25) is 0 Å². The number of carbonyl (C=O) groups is 1. The first-order valence-corrected chi connectivity index (χ1v) is 8.17. The highest BCUT2D eigenvalue weighted by Gasteiger charge is 2.17. The second-order valence-electron chi connectivity index (χ2n) is 5.24. The molecule has 1 aromatic carbocycles. The second-order valence-corrected chi connectivity index (χ2v) is 6.10. The van der Waals surface area contributed by atoms with Gasteiger partial charge in [-0.1, -0.05) is 29.3 Å². The van der Waals surface area contributed by atoms with Crippen molar-refractivity contribution in [2.75, 3.05) is 7.05 Å². The summed E-state index contributed by atoms with van der Waals surface area (Å²) in [6.07, 6.45) is 1.52. The number of halogens is 1. The van der Waals surface area contributed by atoms with Crippen LogP contribution in [0.1, 0.15) is 39.2 Å². The summed E-state index contributed by atoms with van der Waals surface area (Å²) in [5.74, 6) is 0.628. The van der Waals surface area contributed by atoms with Crippen LogP contribution in [0, 0.1) is 0 Å². The summed E-state index contributed by atoms with van der Waals surface area (Å²) in [5, 5.41) is 6.07. The molecule has 0 saturated heterocycles. The zero-order chi connectivity index (χ0) is 15.8. The van der Waals surface area contributed by atoms with Crippen molar-refractivity contribution in [3.63, 3.8) is 0 Å². The van der Waals surface area contributed by atoms with Crippen LogP contribution in [0.25, 0.3) is 0 Å². The number of amides is 1. The highest BCUT2D eigenvalue weighted by atomic mass is 79.9. The number of hydrogen-bond donors (Lipinski definition) is 2. The lowest BCUT2D eigenvalue weighted by molar-refractivity contribution is -0.127. The van der Waals surface area contributed by atoms with Crippen LogP contribution in [0.4, 0.5) is 0 Å². The number of hydrogen-bond acceptors (Lipinski definition) is 3. The van der Waals surface area contributed by atoms with Gasteiger partial charge in [-0.3, -0.25) is 4.79 Å². The number of rotatable bonds is 8. The van der Waals surface area contributed by atoms with Gasteiger partial charge in [0.2, 0.25) is 0 Å². The van der Waals surface area contributed by atoms with Gasteiger partial charge in [-0.15, -0.1) is 0 Å². The molecule has 0 aromatic heterocycles. The summed E-state index contributed by atoms with van der Waals surface area (Å²) in [6, 6.07) is 5.92. The van der Waals surface area contributed by atoms with Gasteiger partial charge in [0.1, 0.15) is 5.75 Å². The van der Waals surface area contributed by atoms with Crippen molar-refractivity contribution < 1.29 is 9.53 Å². The van der Waals surface area contributed by atoms with Gasteiger partial charge in [0.25, 0.3) is 5.91 Å². The molecule has 5 heteroatoms. The number of carbonyl (C=O) groups excluding carboxylic acids is 1. The Bertz CT molecular complexity index is 466. The standard InChI is InChI=1S/C16H25BrN2O2/c1-5-6-11(2)19-16(20)12(3)21-14-7-8-15(17)13(9-14)10-18-4/h7-9,11-12,18H,5-6,10H2,1-4H3,(H,19,20). The summed E-state index contributed by atoms with van der Waals surface area (Å²) in [7, 11) is 1.89. The van der Waals surface area contributed by atoms with E-state index >= 15 is 0 Å². The molecular formula is C16H25BrN2O2. The van der Waals surface area contributed by atoms with Crippen LogP contribution >= 0.6 is 15.9 Å². The van der Waals surface area contributed by atoms with Crippen LogP contribution in [0.5, 0.6) is 5.75 Å². The molecule has 0 aliphatic heterocycles. The van der Waals surface area contributed by atoms with Gasteiger partial charge >= 0.3 is 0 Å². The molecule has 0 fully saturated rings. The Hall–Kier alpha value is -1.07. The summed E-state index contributed by atoms with van der Waals surface area (Å²) in [4.78, 5) is 12.1. The normalized spacial score (nSPS) is 13.6. The van der Waals surface area contributed by atoms with E-state index in [4.69, 9.17) is 4.74 Å². The van der Waals surface area contributed by atoms with E-state index < -0.39 is 6.10 Å². The van der Waals surface area contributed by atoms with Crippen molar-refractivity contribution in [1.82, 2.24) is 10.6 Å². The number of nitrogens with one attached hydrogen (secondary N) is 2. The van der Waals surface area contributed by atoms with E-state index in [0.717, 1.165) is 29.4 Å². The molecule has 1 amide bonds. The lowest BCUT2D eigenvalue weighted by Gasteiger charge is -2.19. The van der Waals surface area contributed by atoms with E-state index in [-0.39, 0.29) is 11.9 Å². The molecule has 0 aliphatic carbocycles. The molecule has 0 aliphatic rings. The minimum atomic E-state index is -0.507. The molecule has 0 radical (unpaired) electrons. The minimum absolute atomic E-state index is 0.0750. The summed E-state index contributed by atoms with van der Waals surface area (Å²) >= 11 is 3.50. The Kier molecular flexibility index (Phi) is 7.75. The first kappa shape index (κ1) is 18.0. The van der Waals surface area contributed by atoms with Gasteiger partial charge < -0.3 is 15.4 Å². The van der Waals surface area contributed by atoms with E-state index in [1.807, 2.05) is 32.2 Å². The SMILES string of the molecule is CCCC(C)NC(=O)C(C)Oc1ccc(Br)c(CNC)c1. The fourth-order valence-corrected chi connectivity index (χ4v) is 2.46. The molecule has 0 heterocycles. The molecule has 0 spiro atoms. The summed E-state index contributed by atoms with van der Waals surface area (Å²) < 4.78 is 6.76. The Balaban J connectivity index is 2.63. The Morgan fingerprint density at radius 3 is 2.71 bits per heavy atom. The van der Waals surface area contributed by atoms with Crippen molar-refractivity contribution >= 4 is 21.8 Å². The topological polar surface area (TPSA) is 50.4 Å². The smallest absolute Gasteiger partial charge is 0.260 e. The summed E-state index contributed by atoms with van der Waals surface area (Å²) in [6.45, 7) is 6.63. The van der Waals surface area contributed by atoms with E-state index in [1.165, 1.54) is 0 Å². The van der Waals surface area contributed by atoms with Gasteiger partial charge in [0.05, 0.1) is 0 Å². The molecule has 1 aromatic rings. The van der Waals surface area contributed by atoms with Crippen molar-refractivity contribution in [2.45, 2.75) is 52.3 Å². The Labute approximate surface area is 135 Å². The lowest BCUT2D eigenvalue weighted by Crippen LogP contribution is -2.41. The van der Waals surface area contributed by atoms with Gasteiger partial charge in [0.15, 0.2) is 6.10 Å². The highest BCUT2D eigenvalue weighted by molar-refractivity contribution is 9.10. The Morgan fingerprint density at radius 2 is 2.10 bits per heavy atom. The van der Waals surface area contributed by atoms with Gasteiger partial charge in [-0.25, -0.2) is 0 Å². The third-order valence-corrected chi connectivity index (χ3v) is 3.95. The van der Waals surface area contributed by atoms with Crippen molar-refractivity contribution in [3.8, 4) is 5.75 Å². The van der Waals surface area contributed by atoms with Crippen molar-refractivity contribution in [3.05, 3.63) is 28.2 Å². The average Bonchev–Trinajstić information content (AvgIpc) is 2.43. The van der Waals surface area contributed by atoms with Gasteiger partial charge in [0, 0.05) is 17.1 Å². The predicted molar refractivity (Wildman–Crippen MR) is 89.5 cm³/mol. The average molecular weight is 357 g/mol. The lowest BCUT2D eigenvalue weighted by atomic mass is 10.2. The fraction of sp³-hybridized carbons (Fsp3) is 0.562. The maximum Gasteiger partial charge on any atom is 0.260 e.